The Balaban J connectivity index is 2.46. The Morgan fingerprint density at radius 3 is 2.31 bits per heavy atom. The zero-order chi connectivity index (χ0) is 10.1. The molecule has 1 aliphatic rings. The van der Waals surface area contributed by atoms with Gasteiger partial charge in [-0.1, -0.05) is 53.9 Å². The van der Waals surface area contributed by atoms with Crippen LogP contribution in [0.15, 0.2) is 0 Å². The monoisotopic (exact) mass is 182 g/mol. The van der Waals surface area contributed by atoms with E-state index in [1.165, 1.54) is 25.7 Å². The van der Waals surface area contributed by atoms with Crippen molar-refractivity contribution in [3.05, 3.63) is 0 Å². The molecule has 78 valence electrons. The highest BCUT2D eigenvalue weighted by atomic mass is 14.6. The fourth-order valence-corrected chi connectivity index (χ4v) is 3.55. The molecule has 4 atom stereocenters. The predicted molar refractivity (Wildman–Crippen MR) is 59.7 cm³/mol. The van der Waals surface area contributed by atoms with E-state index in [4.69, 9.17) is 0 Å². The lowest BCUT2D eigenvalue weighted by Crippen LogP contribution is -2.05. The predicted octanol–water partition coefficient (Wildman–Crippen LogP) is 4.49. The minimum Gasteiger partial charge on any atom is -0.0654 e. The molecule has 1 saturated carbocycles. The molecule has 4 unspecified atom stereocenters. The Hall–Kier alpha value is 0. The summed E-state index contributed by atoms with van der Waals surface area (Å²) in [6.07, 6.45) is 5.57. The summed E-state index contributed by atoms with van der Waals surface area (Å²) < 4.78 is 0. The van der Waals surface area contributed by atoms with Crippen LogP contribution < -0.4 is 0 Å². The molecule has 0 aromatic heterocycles. The molecular weight excluding hydrogens is 156 g/mol. The summed E-state index contributed by atoms with van der Waals surface area (Å²) in [4.78, 5) is 0. The van der Waals surface area contributed by atoms with Gasteiger partial charge < -0.3 is 0 Å². The average Bonchev–Trinajstić information content (AvgIpc) is 2.55. The van der Waals surface area contributed by atoms with Gasteiger partial charge in [-0.3, -0.25) is 0 Å². The van der Waals surface area contributed by atoms with Crippen LogP contribution in [-0.2, 0) is 0 Å². The molecule has 0 heteroatoms. The summed E-state index contributed by atoms with van der Waals surface area (Å²) in [5.41, 5.74) is 0.698. The molecule has 0 aromatic carbocycles. The van der Waals surface area contributed by atoms with Crippen LogP contribution in [0.2, 0.25) is 0 Å². The molecule has 0 heterocycles. The summed E-state index contributed by atoms with van der Waals surface area (Å²) >= 11 is 0. The van der Waals surface area contributed by atoms with Crippen molar-refractivity contribution in [2.24, 2.45) is 23.2 Å². The van der Waals surface area contributed by atoms with Crippen LogP contribution in [0.3, 0.4) is 0 Å². The van der Waals surface area contributed by atoms with Gasteiger partial charge in [0.2, 0.25) is 0 Å². The van der Waals surface area contributed by atoms with Crippen molar-refractivity contribution in [2.45, 2.75) is 60.3 Å². The lowest BCUT2D eigenvalue weighted by molar-refractivity contribution is 0.359. The van der Waals surface area contributed by atoms with E-state index >= 15 is 0 Å². The lowest BCUT2D eigenvalue weighted by atomic mass is 9.91. The van der Waals surface area contributed by atoms with Gasteiger partial charge >= 0.3 is 0 Å². The van der Waals surface area contributed by atoms with E-state index in [-0.39, 0.29) is 0 Å². The van der Waals surface area contributed by atoms with E-state index in [2.05, 4.69) is 34.6 Å². The molecule has 0 radical (unpaired) electrons. The molecule has 0 aliphatic heterocycles. The fourth-order valence-electron chi connectivity index (χ4n) is 3.55. The van der Waals surface area contributed by atoms with E-state index in [1.807, 2.05) is 0 Å². The van der Waals surface area contributed by atoms with Gasteiger partial charge in [0, 0.05) is 0 Å². The Bertz CT molecular complexity index is 161. The summed E-state index contributed by atoms with van der Waals surface area (Å²) in [5, 5.41) is 0. The van der Waals surface area contributed by atoms with Crippen molar-refractivity contribution in [3.8, 4) is 0 Å². The van der Waals surface area contributed by atoms with Gasteiger partial charge in [-0.2, -0.15) is 0 Å². The van der Waals surface area contributed by atoms with Gasteiger partial charge in [0.1, 0.15) is 0 Å². The van der Waals surface area contributed by atoms with Crippen molar-refractivity contribution in [1.29, 1.82) is 0 Å². The largest absolute Gasteiger partial charge is 0.0654 e. The van der Waals surface area contributed by atoms with Gasteiger partial charge in [-0.15, -0.1) is 0 Å². The summed E-state index contributed by atoms with van der Waals surface area (Å²) in [7, 11) is 0. The van der Waals surface area contributed by atoms with Crippen LogP contribution in [0, 0.1) is 23.2 Å². The second kappa shape index (κ2) is 4.02. The highest BCUT2D eigenvalue weighted by Crippen LogP contribution is 2.64. The average molecular weight is 182 g/mol. The topological polar surface area (TPSA) is 0 Å². The Kier molecular flexibility index (Phi) is 3.43. The highest BCUT2D eigenvalue weighted by molar-refractivity contribution is 5.06. The summed E-state index contributed by atoms with van der Waals surface area (Å²) in [6.45, 7) is 12.0. The van der Waals surface area contributed by atoms with Crippen LogP contribution in [0.1, 0.15) is 60.3 Å². The van der Waals surface area contributed by atoms with Crippen molar-refractivity contribution in [1.82, 2.24) is 0 Å². The summed E-state index contributed by atoms with van der Waals surface area (Å²) in [6, 6.07) is 0. The normalized spacial score (nSPS) is 40.4. The fraction of sp³-hybridized carbons (Fsp3) is 1.00. The maximum absolute atomic E-state index is 2.50. The van der Waals surface area contributed by atoms with Crippen LogP contribution in [-0.4, -0.2) is 0 Å². The zero-order valence-electron chi connectivity index (χ0n) is 10.1. The van der Waals surface area contributed by atoms with Gasteiger partial charge in [-0.25, -0.2) is 0 Å². The molecule has 1 rings (SSSR count). The third-order valence-corrected chi connectivity index (χ3v) is 4.38. The highest BCUT2D eigenvalue weighted by Gasteiger charge is 2.58. The summed E-state index contributed by atoms with van der Waals surface area (Å²) in [5.74, 6) is 2.96. The van der Waals surface area contributed by atoms with Crippen molar-refractivity contribution >= 4 is 0 Å². The van der Waals surface area contributed by atoms with E-state index in [0.29, 0.717) is 5.41 Å². The van der Waals surface area contributed by atoms with E-state index < -0.39 is 0 Å². The maximum Gasteiger partial charge on any atom is -0.0264 e. The third kappa shape index (κ3) is 1.92. The van der Waals surface area contributed by atoms with Crippen LogP contribution in [0.5, 0.6) is 0 Å². The van der Waals surface area contributed by atoms with Crippen LogP contribution >= 0.6 is 0 Å². The molecule has 0 nitrogen and oxygen atoms in total. The maximum atomic E-state index is 2.50. The standard InChI is InChI=1S/C13H26/c1-6-8-10(3)12-11(4)13(12,5)9-7-2/h10-12H,6-9H2,1-5H3. The molecule has 0 bridgehead atoms. The SMILES string of the molecule is CCCC(C)C1C(C)C1(C)CCC. The third-order valence-electron chi connectivity index (χ3n) is 4.38. The zero-order valence-corrected chi connectivity index (χ0v) is 10.1. The molecular formula is C13H26. The lowest BCUT2D eigenvalue weighted by Gasteiger charge is -2.14. The van der Waals surface area contributed by atoms with E-state index in [0.717, 1.165) is 17.8 Å². The first-order chi connectivity index (χ1) is 6.07. The molecule has 13 heavy (non-hydrogen) atoms. The van der Waals surface area contributed by atoms with Gasteiger partial charge in [0.25, 0.3) is 0 Å². The first-order valence-electron chi connectivity index (χ1n) is 6.07. The first kappa shape index (κ1) is 11.1. The van der Waals surface area contributed by atoms with Crippen molar-refractivity contribution < 1.29 is 0 Å². The molecule has 0 amide bonds. The molecule has 0 aromatic rings. The number of hydrogen-bond acceptors (Lipinski definition) is 0. The Labute approximate surface area is 84.1 Å². The van der Waals surface area contributed by atoms with Crippen LogP contribution in [0.4, 0.5) is 0 Å². The van der Waals surface area contributed by atoms with Crippen molar-refractivity contribution in [3.63, 3.8) is 0 Å². The Morgan fingerprint density at radius 2 is 1.85 bits per heavy atom. The Morgan fingerprint density at radius 1 is 1.23 bits per heavy atom. The molecule has 0 N–H and O–H groups in total. The quantitative estimate of drug-likeness (QED) is 0.587. The second-order valence-electron chi connectivity index (χ2n) is 5.34. The smallest absolute Gasteiger partial charge is 0.0264 e. The number of hydrogen-bond donors (Lipinski definition) is 0. The molecule has 0 saturated heterocycles. The van der Waals surface area contributed by atoms with Gasteiger partial charge in [0.05, 0.1) is 0 Å². The first-order valence-corrected chi connectivity index (χ1v) is 6.07. The van der Waals surface area contributed by atoms with Gasteiger partial charge in [-0.05, 0) is 29.6 Å². The number of rotatable bonds is 5. The minimum atomic E-state index is 0.698. The second-order valence-corrected chi connectivity index (χ2v) is 5.34. The molecule has 1 fully saturated rings. The van der Waals surface area contributed by atoms with Crippen molar-refractivity contribution in [2.75, 3.05) is 0 Å². The van der Waals surface area contributed by atoms with E-state index in [9.17, 15) is 0 Å². The molecule has 1 aliphatic carbocycles. The minimum absolute atomic E-state index is 0.698. The van der Waals surface area contributed by atoms with Gasteiger partial charge in [0.15, 0.2) is 0 Å². The van der Waals surface area contributed by atoms with E-state index in [1.54, 1.807) is 0 Å². The molecule has 0 spiro atoms. The van der Waals surface area contributed by atoms with Crippen LogP contribution in [0.25, 0.3) is 0 Å².